The molecule has 0 radical (unpaired) electrons. The Hall–Kier alpha value is -2.34. The van der Waals surface area contributed by atoms with Crippen LogP contribution in [0.1, 0.15) is 16.1 Å². The van der Waals surface area contributed by atoms with E-state index >= 15 is 0 Å². The van der Waals surface area contributed by atoms with Crippen LogP contribution in [0, 0.1) is 0 Å². The van der Waals surface area contributed by atoms with Gasteiger partial charge >= 0.3 is 5.97 Å². The number of carboxylic acids is 1. The minimum absolute atomic E-state index is 0.297. The first kappa shape index (κ1) is 12.7. The second-order valence-corrected chi connectivity index (χ2v) is 5.23. The van der Waals surface area contributed by atoms with Gasteiger partial charge in [0.15, 0.2) is 0 Å². The summed E-state index contributed by atoms with van der Waals surface area (Å²) in [5.41, 5.74) is 1.24. The lowest BCUT2D eigenvalue weighted by Crippen LogP contribution is -1.94. The topological polar surface area (TPSA) is 67.5 Å². The van der Waals surface area contributed by atoms with Crippen molar-refractivity contribution in [1.29, 1.82) is 0 Å². The first-order valence-electron chi connectivity index (χ1n) is 5.97. The Labute approximate surface area is 119 Å². The van der Waals surface area contributed by atoms with Crippen LogP contribution in [0.2, 0.25) is 0 Å². The molecule has 5 nitrogen and oxygen atoms in total. The van der Waals surface area contributed by atoms with E-state index in [4.69, 9.17) is 5.11 Å². The first-order chi connectivity index (χ1) is 9.72. The third-order valence-corrected chi connectivity index (χ3v) is 3.82. The van der Waals surface area contributed by atoms with Gasteiger partial charge in [-0.1, -0.05) is 0 Å². The lowest BCUT2D eigenvalue weighted by atomic mass is 10.2. The summed E-state index contributed by atoms with van der Waals surface area (Å²) in [4.78, 5) is 20.4. The highest BCUT2D eigenvalue weighted by molar-refractivity contribution is 7.98. The van der Waals surface area contributed by atoms with E-state index < -0.39 is 5.97 Å². The van der Waals surface area contributed by atoms with Gasteiger partial charge in [-0.25, -0.2) is 14.8 Å². The molecule has 100 valence electrons. The van der Waals surface area contributed by atoms with E-state index in [-0.39, 0.29) is 0 Å². The molecule has 6 heteroatoms. The van der Waals surface area contributed by atoms with Gasteiger partial charge in [0.25, 0.3) is 0 Å². The van der Waals surface area contributed by atoms with Gasteiger partial charge in [0.05, 0.1) is 11.3 Å². The van der Waals surface area contributed by atoms with E-state index in [1.54, 1.807) is 30.1 Å². The number of benzene rings is 1. The van der Waals surface area contributed by atoms with Gasteiger partial charge in [0.1, 0.15) is 0 Å². The molecule has 0 atom stereocenters. The second kappa shape index (κ2) is 5.34. The molecular weight excluding hydrogens is 274 g/mol. The van der Waals surface area contributed by atoms with Gasteiger partial charge < -0.3 is 5.11 Å². The molecular formula is C14H11N3O2S. The van der Waals surface area contributed by atoms with Crippen LogP contribution >= 0.6 is 11.8 Å². The lowest BCUT2D eigenvalue weighted by molar-refractivity contribution is 0.0697. The molecule has 2 heterocycles. The summed E-state index contributed by atoms with van der Waals surface area (Å²) >= 11 is 1.61. The smallest absolute Gasteiger partial charge is 0.335 e. The summed E-state index contributed by atoms with van der Waals surface area (Å²) < 4.78 is 1.88. The maximum Gasteiger partial charge on any atom is 0.335 e. The van der Waals surface area contributed by atoms with Crippen LogP contribution in [-0.4, -0.2) is 25.4 Å². The molecule has 0 saturated carbocycles. The van der Waals surface area contributed by atoms with Crippen molar-refractivity contribution in [2.45, 2.75) is 10.6 Å². The molecule has 3 aromatic rings. The summed E-state index contributed by atoms with van der Waals surface area (Å²) in [7, 11) is 0. The monoisotopic (exact) mass is 285 g/mol. The number of aromatic carboxylic acids is 1. The van der Waals surface area contributed by atoms with Crippen LogP contribution in [-0.2, 0) is 5.75 Å². The van der Waals surface area contributed by atoms with E-state index in [2.05, 4.69) is 9.97 Å². The van der Waals surface area contributed by atoms with Crippen LogP contribution in [0.5, 0.6) is 0 Å². The molecule has 1 aromatic carbocycles. The fourth-order valence-electron chi connectivity index (χ4n) is 1.80. The molecule has 0 amide bonds. The van der Waals surface area contributed by atoms with Crippen LogP contribution in [0.25, 0.3) is 5.78 Å². The number of fused-ring (bicyclic) bond motifs is 1. The number of nitrogens with zero attached hydrogens (tertiary/aromatic N) is 3. The molecule has 0 aliphatic rings. The lowest BCUT2D eigenvalue weighted by Gasteiger charge is -2.00. The zero-order chi connectivity index (χ0) is 13.9. The zero-order valence-corrected chi connectivity index (χ0v) is 11.2. The van der Waals surface area contributed by atoms with E-state index in [9.17, 15) is 4.79 Å². The van der Waals surface area contributed by atoms with Crippen molar-refractivity contribution < 1.29 is 9.90 Å². The minimum atomic E-state index is -0.909. The van der Waals surface area contributed by atoms with Gasteiger partial charge in [-0.05, 0) is 30.3 Å². The van der Waals surface area contributed by atoms with Crippen molar-refractivity contribution in [1.82, 2.24) is 14.4 Å². The average Bonchev–Trinajstić information content (AvgIpc) is 2.88. The standard InChI is InChI=1S/C14H11N3O2S/c18-13(19)10-2-4-12(5-3-10)20-9-11-8-17-7-1-6-15-14(17)16-11/h1-8H,9H2,(H,18,19). The molecule has 20 heavy (non-hydrogen) atoms. The van der Waals surface area contributed by atoms with E-state index in [0.29, 0.717) is 11.3 Å². The maximum atomic E-state index is 10.8. The Balaban J connectivity index is 1.71. The van der Waals surface area contributed by atoms with Crippen molar-refractivity contribution in [2.75, 3.05) is 0 Å². The Kier molecular flexibility index (Phi) is 3.39. The van der Waals surface area contributed by atoms with Crippen LogP contribution in [0.15, 0.2) is 53.8 Å². The number of hydrogen-bond donors (Lipinski definition) is 1. The van der Waals surface area contributed by atoms with Crippen molar-refractivity contribution in [3.63, 3.8) is 0 Å². The summed E-state index contributed by atoms with van der Waals surface area (Å²) in [5.74, 6) is 0.493. The number of carboxylic acid groups (broad SMARTS) is 1. The molecule has 0 aliphatic carbocycles. The third-order valence-electron chi connectivity index (χ3n) is 2.77. The fourth-order valence-corrected chi connectivity index (χ4v) is 2.58. The molecule has 0 fully saturated rings. The van der Waals surface area contributed by atoms with Gasteiger partial charge in [0, 0.05) is 29.2 Å². The Morgan fingerprint density at radius 2 is 2.10 bits per heavy atom. The van der Waals surface area contributed by atoms with Crippen LogP contribution in [0.3, 0.4) is 0 Å². The predicted octanol–water partition coefficient (Wildman–Crippen LogP) is 2.72. The largest absolute Gasteiger partial charge is 0.478 e. The van der Waals surface area contributed by atoms with Crippen molar-refractivity contribution in [3.8, 4) is 0 Å². The number of thioether (sulfide) groups is 1. The molecule has 3 rings (SSSR count). The summed E-state index contributed by atoms with van der Waals surface area (Å²) in [5, 5.41) is 8.84. The SMILES string of the molecule is O=C(O)c1ccc(SCc2cn3cccnc3n2)cc1. The highest BCUT2D eigenvalue weighted by Gasteiger charge is 2.05. The predicted molar refractivity (Wildman–Crippen MR) is 75.9 cm³/mol. The number of carbonyl (C=O) groups is 1. The summed E-state index contributed by atoms with van der Waals surface area (Å²) in [6.45, 7) is 0. The fraction of sp³-hybridized carbons (Fsp3) is 0.0714. The molecule has 0 aliphatic heterocycles. The number of rotatable bonds is 4. The molecule has 0 spiro atoms. The molecule has 2 aromatic heterocycles. The summed E-state index contributed by atoms with van der Waals surface area (Å²) in [6, 6.07) is 8.69. The number of hydrogen-bond acceptors (Lipinski definition) is 4. The Morgan fingerprint density at radius 1 is 1.30 bits per heavy atom. The zero-order valence-electron chi connectivity index (χ0n) is 10.4. The average molecular weight is 285 g/mol. The van der Waals surface area contributed by atoms with Crippen LogP contribution in [0.4, 0.5) is 0 Å². The van der Waals surface area contributed by atoms with E-state index in [0.717, 1.165) is 16.3 Å². The van der Waals surface area contributed by atoms with Gasteiger partial charge in [-0.2, -0.15) is 0 Å². The Bertz CT molecular complexity index is 719. The normalized spacial score (nSPS) is 10.8. The highest BCUT2D eigenvalue weighted by atomic mass is 32.2. The van der Waals surface area contributed by atoms with Crippen molar-refractivity contribution in [3.05, 3.63) is 60.2 Å². The van der Waals surface area contributed by atoms with Gasteiger partial charge in [0.2, 0.25) is 5.78 Å². The first-order valence-corrected chi connectivity index (χ1v) is 6.96. The van der Waals surface area contributed by atoms with Gasteiger partial charge in [-0.3, -0.25) is 4.40 Å². The van der Waals surface area contributed by atoms with Crippen LogP contribution < -0.4 is 0 Å². The Morgan fingerprint density at radius 3 is 2.80 bits per heavy atom. The van der Waals surface area contributed by atoms with Gasteiger partial charge in [-0.15, -0.1) is 11.8 Å². The van der Waals surface area contributed by atoms with E-state index in [1.165, 1.54) is 0 Å². The quantitative estimate of drug-likeness (QED) is 0.746. The number of imidazole rings is 1. The molecule has 0 unspecified atom stereocenters. The number of aromatic nitrogens is 3. The maximum absolute atomic E-state index is 10.8. The second-order valence-electron chi connectivity index (χ2n) is 4.18. The molecule has 0 saturated heterocycles. The minimum Gasteiger partial charge on any atom is -0.478 e. The molecule has 1 N–H and O–H groups in total. The summed E-state index contributed by atoms with van der Waals surface area (Å²) in [6.07, 6.45) is 5.57. The highest BCUT2D eigenvalue weighted by Crippen LogP contribution is 2.22. The third kappa shape index (κ3) is 2.65. The molecule has 0 bridgehead atoms. The van der Waals surface area contributed by atoms with E-state index in [1.807, 2.05) is 35.0 Å². The van der Waals surface area contributed by atoms with Crippen molar-refractivity contribution >= 4 is 23.5 Å². The van der Waals surface area contributed by atoms with Crippen molar-refractivity contribution in [2.24, 2.45) is 0 Å².